The highest BCUT2D eigenvalue weighted by atomic mass is 15.2. The van der Waals surface area contributed by atoms with Crippen LogP contribution in [0.5, 0.6) is 0 Å². The highest BCUT2D eigenvalue weighted by Crippen LogP contribution is 2.38. The molecule has 0 aromatic heterocycles. The van der Waals surface area contributed by atoms with Crippen LogP contribution in [0.15, 0.2) is 255 Å². The van der Waals surface area contributed by atoms with Crippen molar-refractivity contribution in [3.8, 4) is 11.1 Å². The number of anilines is 8. The SMILES string of the molecule is C=CC(=CC=C(C)N(c1ccccc1)c1ccccc1)c1ccc(N(c2ccccc2)c2ccc(-c3ccc(N(c4ccccc4)c4ccccc4)cc3)cc2)cc1. The van der Waals surface area contributed by atoms with E-state index < -0.39 is 0 Å². The summed E-state index contributed by atoms with van der Waals surface area (Å²) in [5, 5.41) is 0. The van der Waals surface area contributed by atoms with E-state index in [0.29, 0.717) is 0 Å². The second kappa shape index (κ2) is 17.9. The normalized spacial score (nSPS) is 11.5. The molecule has 3 heteroatoms. The topological polar surface area (TPSA) is 9.72 Å². The summed E-state index contributed by atoms with van der Waals surface area (Å²) in [5.41, 5.74) is 14.4. The lowest BCUT2D eigenvalue weighted by atomic mass is 10.0. The Morgan fingerprint density at radius 1 is 0.345 bits per heavy atom. The van der Waals surface area contributed by atoms with E-state index >= 15 is 0 Å². The van der Waals surface area contributed by atoms with Crippen LogP contribution >= 0.6 is 0 Å². The molecule has 0 saturated carbocycles. The van der Waals surface area contributed by atoms with Crippen molar-refractivity contribution >= 4 is 51.1 Å². The van der Waals surface area contributed by atoms with Gasteiger partial charge in [-0.1, -0.05) is 146 Å². The van der Waals surface area contributed by atoms with Gasteiger partial charge in [0.25, 0.3) is 0 Å². The number of benzene rings is 8. The molecule has 0 fully saturated rings. The molecule has 0 heterocycles. The Balaban J connectivity index is 1.05. The van der Waals surface area contributed by atoms with Crippen LogP contribution in [0.1, 0.15) is 12.5 Å². The van der Waals surface area contributed by atoms with Gasteiger partial charge in [0.05, 0.1) is 0 Å². The summed E-state index contributed by atoms with van der Waals surface area (Å²) in [6, 6.07) is 78.9. The van der Waals surface area contributed by atoms with Gasteiger partial charge in [-0.3, -0.25) is 0 Å². The Labute approximate surface area is 343 Å². The van der Waals surface area contributed by atoms with Gasteiger partial charge < -0.3 is 14.7 Å². The van der Waals surface area contributed by atoms with Crippen LogP contribution in [0.2, 0.25) is 0 Å². The summed E-state index contributed by atoms with van der Waals surface area (Å²) in [6.07, 6.45) is 6.24. The van der Waals surface area contributed by atoms with Crippen LogP contribution in [0.3, 0.4) is 0 Å². The Morgan fingerprint density at radius 2 is 0.638 bits per heavy atom. The fraction of sp³-hybridized carbons (Fsp3) is 0.0182. The maximum absolute atomic E-state index is 4.18. The van der Waals surface area contributed by atoms with Crippen LogP contribution in [0.4, 0.5) is 45.5 Å². The molecule has 0 amide bonds. The van der Waals surface area contributed by atoms with Crippen molar-refractivity contribution < 1.29 is 0 Å². The summed E-state index contributed by atoms with van der Waals surface area (Å²) in [4.78, 5) is 6.85. The molecule has 0 aliphatic rings. The fourth-order valence-corrected chi connectivity index (χ4v) is 7.31. The monoisotopic (exact) mass is 747 g/mol. The number of rotatable bonds is 13. The molecule has 280 valence electrons. The van der Waals surface area contributed by atoms with Gasteiger partial charge >= 0.3 is 0 Å². The largest absolute Gasteiger partial charge is 0.315 e. The molecule has 0 aliphatic carbocycles. The average molecular weight is 748 g/mol. The second-order valence-electron chi connectivity index (χ2n) is 14.0. The molecule has 8 aromatic carbocycles. The first-order valence-corrected chi connectivity index (χ1v) is 19.6. The van der Waals surface area contributed by atoms with Gasteiger partial charge in [-0.2, -0.15) is 0 Å². The van der Waals surface area contributed by atoms with Gasteiger partial charge in [0, 0.05) is 51.2 Å². The molecular weight excluding hydrogens is 703 g/mol. The zero-order valence-electron chi connectivity index (χ0n) is 32.6. The maximum atomic E-state index is 4.18. The van der Waals surface area contributed by atoms with Crippen molar-refractivity contribution in [2.24, 2.45) is 0 Å². The molecule has 3 nitrogen and oxygen atoms in total. The Bertz CT molecular complexity index is 2500. The second-order valence-corrected chi connectivity index (χ2v) is 14.0. The predicted molar refractivity (Wildman–Crippen MR) is 248 cm³/mol. The summed E-state index contributed by atoms with van der Waals surface area (Å²) < 4.78 is 0. The molecule has 0 unspecified atom stereocenters. The highest BCUT2D eigenvalue weighted by molar-refractivity contribution is 5.82. The molecule has 0 saturated heterocycles. The minimum absolute atomic E-state index is 1.05. The first-order chi connectivity index (χ1) is 28.7. The standard InChI is InChI=1S/C55H45N3/c1-3-44(30-29-43(2)56(48-19-9-4-10-20-48)49-21-11-5-12-22-49)45-31-37-54(38-32-45)58(52-27-17-8-18-28-52)55-41-35-47(36-42-55)46-33-39-53(40-34-46)57(50-23-13-6-14-24-50)51-25-15-7-16-26-51/h3-42H,1H2,2H3. The van der Waals surface area contributed by atoms with Crippen LogP contribution < -0.4 is 14.7 Å². The molecule has 0 bridgehead atoms. The van der Waals surface area contributed by atoms with Crippen LogP contribution in [0, 0.1) is 0 Å². The van der Waals surface area contributed by atoms with Gasteiger partial charge in [-0.05, 0) is 132 Å². The Kier molecular flexibility index (Phi) is 11.5. The van der Waals surface area contributed by atoms with E-state index in [2.05, 4.69) is 253 Å². The molecule has 0 N–H and O–H groups in total. The number of hydrogen-bond acceptors (Lipinski definition) is 3. The van der Waals surface area contributed by atoms with Crippen molar-refractivity contribution in [3.63, 3.8) is 0 Å². The van der Waals surface area contributed by atoms with Gasteiger partial charge in [0.1, 0.15) is 0 Å². The quantitative estimate of drug-likeness (QED) is 0.109. The molecule has 0 aliphatic heterocycles. The summed E-state index contributed by atoms with van der Waals surface area (Å²) >= 11 is 0. The molecule has 8 rings (SSSR count). The summed E-state index contributed by atoms with van der Waals surface area (Å²) in [7, 11) is 0. The van der Waals surface area contributed by atoms with E-state index in [1.807, 2.05) is 18.2 Å². The van der Waals surface area contributed by atoms with E-state index in [1.165, 1.54) is 0 Å². The van der Waals surface area contributed by atoms with E-state index in [9.17, 15) is 0 Å². The lowest BCUT2D eigenvalue weighted by Gasteiger charge is -2.26. The fourth-order valence-electron chi connectivity index (χ4n) is 7.31. The van der Waals surface area contributed by atoms with Gasteiger partial charge in [0.15, 0.2) is 0 Å². The van der Waals surface area contributed by atoms with E-state index in [0.717, 1.165) is 73.5 Å². The van der Waals surface area contributed by atoms with Crippen LogP contribution in [0.25, 0.3) is 16.7 Å². The van der Waals surface area contributed by atoms with Crippen molar-refractivity contribution in [3.05, 3.63) is 261 Å². The molecule has 8 aromatic rings. The van der Waals surface area contributed by atoms with Gasteiger partial charge in [-0.15, -0.1) is 0 Å². The molecule has 0 spiro atoms. The number of para-hydroxylation sites is 5. The lowest BCUT2D eigenvalue weighted by molar-refractivity contribution is 1.16. The zero-order valence-corrected chi connectivity index (χ0v) is 32.6. The minimum Gasteiger partial charge on any atom is -0.315 e. The third-order valence-electron chi connectivity index (χ3n) is 10.2. The van der Waals surface area contributed by atoms with E-state index in [1.54, 1.807) is 0 Å². The number of allylic oxidation sites excluding steroid dienone is 5. The first-order valence-electron chi connectivity index (χ1n) is 19.6. The smallest absolute Gasteiger partial charge is 0.0462 e. The summed E-state index contributed by atoms with van der Waals surface area (Å²) in [5.74, 6) is 0. The molecule has 58 heavy (non-hydrogen) atoms. The summed E-state index contributed by atoms with van der Waals surface area (Å²) in [6.45, 7) is 6.32. The van der Waals surface area contributed by atoms with Crippen LogP contribution in [-0.2, 0) is 0 Å². The highest BCUT2D eigenvalue weighted by Gasteiger charge is 2.15. The van der Waals surface area contributed by atoms with Crippen molar-refractivity contribution in [2.45, 2.75) is 6.92 Å². The van der Waals surface area contributed by atoms with Crippen molar-refractivity contribution in [2.75, 3.05) is 14.7 Å². The number of nitrogens with zero attached hydrogens (tertiary/aromatic N) is 3. The number of hydrogen-bond donors (Lipinski definition) is 0. The van der Waals surface area contributed by atoms with Crippen LogP contribution in [-0.4, -0.2) is 0 Å². The maximum Gasteiger partial charge on any atom is 0.0462 e. The average Bonchev–Trinajstić information content (AvgIpc) is 3.30. The lowest BCUT2D eigenvalue weighted by Crippen LogP contribution is -2.14. The molecular formula is C55H45N3. The van der Waals surface area contributed by atoms with Crippen molar-refractivity contribution in [1.29, 1.82) is 0 Å². The Morgan fingerprint density at radius 3 is 0.966 bits per heavy atom. The van der Waals surface area contributed by atoms with E-state index in [-0.39, 0.29) is 0 Å². The van der Waals surface area contributed by atoms with Crippen molar-refractivity contribution in [1.82, 2.24) is 0 Å². The zero-order chi connectivity index (χ0) is 39.5. The molecule has 0 radical (unpaired) electrons. The Hall–Kier alpha value is -7.62. The first kappa shape index (κ1) is 37.3. The third-order valence-corrected chi connectivity index (χ3v) is 10.2. The minimum atomic E-state index is 1.05. The molecule has 0 atom stereocenters. The van der Waals surface area contributed by atoms with E-state index in [4.69, 9.17) is 0 Å². The van der Waals surface area contributed by atoms with Gasteiger partial charge in [-0.25, -0.2) is 0 Å². The predicted octanol–water partition coefficient (Wildman–Crippen LogP) is 15.6. The van der Waals surface area contributed by atoms with Gasteiger partial charge in [0.2, 0.25) is 0 Å². The third kappa shape index (κ3) is 8.45.